The highest BCUT2D eigenvalue weighted by Crippen LogP contribution is 2.29. The summed E-state index contributed by atoms with van der Waals surface area (Å²) in [6.07, 6.45) is 1.58. The fraction of sp³-hybridized carbons (Fsp3) is 0.0833. The second-order valence-corrected chi connectivity index (χ2v) is 3.85. The lowest BCUT2D eigenvalue weighted by Crippen LogP contribution is -1.84. The third-order valence-electron chi connectivity index (χ3n) is 2.59. The minimum Gasteiger partial charge on any atom is -0.454 e. The Hall–Kier alpha value is -2.23. The number of rotatable bonds is 1. The number of nitrogen functional groups attached to an aromatic ring is 1. The van der Waals surface area contributed by atoms with E-state index in [2.05, 4.69) is 16.3 Å². The smallest absolute Gasteiger partial charge is 0.155 e. The van der Waals surface area contributed by atoms with Crippen molar-refractivity contribution in [3.05, 3.63) is 36.0 Å². The molecule has 0 amide bonds. The van der Waals surface area contributed by atoms with Crippen LogP contribution in [0, 0.1) is 6.92 Å². The van der Waals surface area contributed by atoms with E-state index in [9.17, 15) is 0 Å². The summed E-state index contributed by atoms with van der Waals surface area (Å²) in [5.41, 5.74) is 9.13. The summed E-state index contributed by atoms with van der Waals surface area (Å²) >= 11 is 0. The SMILES string of the molecule is Cc1ccc2cc(-c3[nH]ncc3N)oc2c1. The van der Waals surface area contributed by atoms with E-state index in [-0.39, 0.29) is 0 Å². The number of anilines is 1. The van der Waals surface area contributed by atoms with Gasteiger partial charge in [-0.05, 0) is 24.6 Å². The van der Waals surface area contributed by atoms with Crippen molar-refractivity contribution in [3.8, 4) is 11.5 Å². The highest BCUT2D eigenvalue weighted by molar-refractivity contribution is 5.84. The number of H-pyrrole nitrogens is 1. The first-order valence-electron chi connectivity index (χ1n) is 5.03. The quantitative estimate of drug-likeness (QED) is 0.653. The molecule has 0 bridgehead atoms. The number of aromatic nitrogens is 2. The monoisotopic (exact) mass is 213 g/mol. The fourth-order valence-electron chi connectivity index (χ4n) is 1.75. The van der Waals surface area contributed by atoms with Gasteiger partial charge in [0.1, 0.15) is 11.3 Å². The lowest BCUT2D eigenvalue weighted by atomic mass is 10.2. The Balaban J connectivity index is 2.23. The van der Waals surface area contributed by atoms with Crippen LogP contribution in [0.15, 0.2) is 34.9 Å². The van der Waals surface area contributed by atoms with Gasteiger partial charge in [-0.2, -0.15) is 5.10 Å². The van der Waals surface area contributed by atoms with E-state index >= 15 is 0 Å². The molecule has 0 aliphatic carbocycles. The van der Waals surface area contributed by atoms with Gasteiger partial charge in [-0.25, -0.2) is 0 Å². The van der Waals surface area contributed by atoms with E-state index in [1.165, 1.54) is 5.56 Å². The molecule has 0 fully saturated rings. The van der Waals surface area contributed by atoms with Crippen LogP contribution in [0.5, 0.6) is 0 Å². The Bertz CT molecular complexity index is 651. The first-order chi connectivity index (χ1) is 7.74. The van der Waals surface area contributed by atoms with Gasteiger partial charge in [0.2, 0.25) is 0 Å². The van der Waals surface area contributed by atoms with E-state index in [0.717, 1.165) is 22.4 Å². The molecule has 3 aromatic rings. The van der Waals surface area contributed by atoms with Gasteiger partial charge in [0.05, 0.1) is 11.9 Å². The number of hydrogen-bond acceptors (Lipinski definition) is 3. The van der Waals surface area contributed by atoms with Gasteiger partial charge >= 0.3 is 0 Å². The van der Waals surface area contributed by atoms with Crippen molar-refractivity contribution in [2.75, 3.05) is 5.73 Å². The van der Waals surface area contributed by atoms with Crippen molar-refractivity contribution < 1.29 is 4.42 Å². The van der Waals surface area contributed by atoms with Crippen molar-refractivity contribution in [2.24, 2.45) is 0 Å². The van der Waals surface area contributed by atoms with E-state index in [0.29, 0.717) is 5.69 Å². The number of benzene rings is 1. The standard InChI is InChI=1S/C12H11N3O/c1-7-2-3-8-5-11(16-10(8)4-7)12-9(13)6-14-15-12/h2-6H,13H2,1H3,(H,14,15). The molecule has 3 N–H and O–H groups in total. The van der Waals surface area contributed by atoms with Gasteiger partial charge in [-0.15, -0.1) is 0 Å². The predicted octanol–water partition coefficient (Wildman–Crippen LogP) is 2.71. The average molecular weight is 213 g/mol. The molecule has 2 heterocycles. The van der Waals surface area contributed by atoms with E-state index in [1.54, 1.807) is 6.20 Å². The topological polar surface area (TPSA) is 67.8 Å². The number of aryl methyl sites for hydroxylation is 1. The molecule has 4 heteroatoms. The zero-order valence-electron chi connectivity index (χ0n) is 8.82. The molecule has 4 nitrogen and oxygen atoms in total. The first-order valence-corrected chi connectivity index (χ1v) is 5.03. The highest BCUT2D eigenvalue weighted by Gasteiger charge is 2.10. The lowest BCUT2D eigenvalue weighted by Gasteiger charge is -1.92. The lowest BCUT2D eigenvalue weighted by molar-refractivity contribution is 0.628. The van der Waals surface area contributed by atoms with Crippen LogP contribution in [-0.4, -0.2) is 10.2 Å². The summed E-state index contributed by atoms with van der Waals surface area (Å²) in [4.78, 5) is 0. The second kappa shape index (κ2) is 3.13. The minimum atomic E-state index is 0.593. The second-order valence-electron chi connectivity index (χ2n) is 3.85. The Labute approximate surface area is 92.1 Å². The molecule has 2 aromatic heterocycles. The molecule has 0 unspecified atom stereocenters. The van der Waals surface area contributed by atoms with Gasteiger partial charge in [-0.3, -0.25) is 5.10 Å². The third kappa shape index (κ3) is 1.27. The molecule has 0 aliphatic rings. The molecule has 80 valence electrons. The van der Waals surface area contributed by atoms with Crippen LogP contribution in [0.1, 0.15) is 5.56 Å². The van der Waals surface area contributed by atoms with Crippen molar-refractivity contribution in [2.45, 2.75) is 6.92 Å². The van der Waals surface area contributed by atoms with Crippen LogP contribution >= 0.6 is 0 Å². The zero-order chi connectivity index (χ0) is 11.1. The van der Waals surface area contributed by atoms with Crippen LogP contribution in [0.3, 0.4) is 0 Å². The van der Waals surface area contributed by atoms with Crippen molar-refractivity contribution >= 4 is 16.7 Å². The molecule has 3 rings (SSSR count). The molecule has 0 spiro atoms. The molecular weight excluding hydrogens is 202 g/mol. The molecule has 0 aliphatic heterocycles. The fourth-order valence-corrected chi connectivity index (χ4v) is 1.75. The van der Waals surface area contributed by atoms with E-state index in [1.807, 2.05) is 25.1 Å². The maximum Gasteiger partial charge on any atom is 0.155 e. The third-order valence-corrected chi connectivity index (χ3v) is 2.59. The summed E-state index contributed by atoms with van der Waals surface area (Å²) in [5, 5.41) is 7.77. The number of hydrogen-bond donors (Lipinski definition) is 2. The van der Waals surface area contributed by atoms with Gasteiger partial charge in [0.15, 0.2) is 5.76 Å². The average Bonchev–Trinajstić information content (AvgIpc) is 2.82. The van der Waals surface area contributed by atoms with Gasteiger partial charge in [-0.1, -0.05) is 12.1 Å². The maximum atomic E-state index is 5.77. The van der Waals surface area contributed by atoms with E-state index < -0.39 is 0 Å². The summed E-state index contributed by atoms with van der Waals surface area (Å²) in [6.45, 7) is 2.03. The van der Waals surface area contributed by atoms with Crippen LogP contribution in [-0.2, 0) is 0 Å². The van der Waals surface area contributed by atoms with Gasteiger partial charge in [0.25, 0.3) is 0 Å². The Morgan fingerprint density at radius 2 is 2.19 bits per heavy atom. The first kappa shape index (κ1) is 9.03. The summed E-state index contributed by atoms with van der Waals surface area (Å²) in [5.74, 6) is 0.718. The number of nitrogens with two attached hydrogens (primary N) is 1. The number of nitrogens with zero attached hydrogens (tertiary/aromatic N) is 1. The summed E-state index contributed by atoms with van der Waals surface area (Å²) in [6, 6.07) is 8.05. The summed E-state index contributed by atoms with van der Waals surface area (Å²) < 4.78 is 5.72. The molecule has 0 atom stereocenters. The number of fused-ring (bicyclic) bond motifs is 1. The van der Waals surface area contributed by atoms with Crippen LogP contribution in [0.25, 0.3) is 22.4 Å². The van der Waals surface area contributed by atoms with Crippen molar-refractivity contribution in [1.29, 1.82) is 0 Å². The number of aromatic amines is 1. The zero-order valence-corrected chi connectivity index (χ0v) is 8.82. The van der Waals surface area contributed by atoms with Crippen LogP contribution < -0.4 is 5.73 Å². The predicted molar refractivity (Wildman–Crippen MR) is 62.9 cm³/mol. The largest absolute Gasteiger partial charge is 0.454 e. The molecule has 1 aromatic carbocycles. The molecule has 0 radical (unpaired) electrons. The normalized spacial score (nSPS) is 11.1. The molecular formula is C12H11N3O. The molecule has 0 saturated carbocycles. The van der Waals surface area contributed by atoms with Gasteiger partial charge < -0.3 is 10.2 Å². The highest BCUT2D eigenvalue weighted by atomic mass is 16.3. The van der Waals surface area contributed by atoms with Crippen LogP contribution in [0.4, 0.5) is 5.69 Å². The minimum absolute atomic E-state index is 0.593. The number of furan rings is 1. The molecule has 16 heavy (non-hydrogen) atoms. The number of nitrogens with one attached hydrogen (secondary N) is 1. The van der Waals surface area contributed by atoms with Crippen LogP contribution in [0.2, 0.25) is 0 Å². The summed E-state index contributed by atoms with van der Waals surface area (Å²) in [7, 11) is 0. The maximum absolute atomic E-state index is 5.77. The Morgan fingerprint density at radius 3 is 2.94 bits per heavy atom. The molecule has 0 saturated heterocycles. The van der Waals surface area contributed by atoms with Gasteiger partial charge in [0, 0.05) is 5.39 Å². The Morgan fingerprint density at radius 1 is 1.31 bits per heavy atom. The van der Waals surface area contributed by atoms with Crippen molar-refractivity contribution in [1.82, 2.24) is 10.2 Å². The van der Waals surface area contributed by atoms with Crippen molar-refractivity contribution in [3.63, 3.8) is 0 Å². The van der Waals surface area contributed by atoms with E-state index in [4.69, 9.17) is 10.2 Å². The Kier molecular flexibility index (Phi) is 1.77.